The van der Waals surface area contributed by atoms with Crippen molar-refractivity contribution >= 4 is 5.91 Å². The van der Waals surface area contributed by atoms with Gasteiger partial charge in [0.1, 0.15) is 6.54 Å². The van der Waals surface area contributed by atoms with Crippen LogP contribution in [0.3, 0.4) is 0 Å². The summed E-state index contributed by atoms with van der Waals surface area (Å²) in [4.78, 5) is 12.5. The standard InChI is InChI=1S/C25H36N2O.HI/c1-20(2)18-22-12-14-24(15-13-22)21(3)25(28)26-16-9-17-27(4,5)19-23-10-7-6-8-11-23;/h6-8,10-15,20-21H,9,16-19H2,1-5H3;1H/t21-;/m1./s1. The van der Waals surface area contributed by atoms with Crippen molar-refractivity contribution in [1.82, 2.24) is 5.32 Å². The first-order valence-electron chi connectivity index (χ1n) is 10.5. The summed E-state index contributed by atoms with van der Waals surface area (Å²) in [5.41, 5.74) is 3.78. The molecule has 2 aromatic carbocycles. The van der Waals surface area contributed by atoms with E-state index in [0.717, 1.165) is 42.5 Å². The Balaban J connectivity index is 0.00000420. The third-order valence-corrected chi connectivity index (χ3v) is 5.21. The zero-order chi connectivity index (χ0) is 20.6. The number of amides is 1. The minimum Gasteiger partial charge on any atom is -1.00 e. The molecule has 0 heterocycles. The fourth-order valence-corrected chi connectivity index (χ4v) is 3.59. The number of halogens is 1. The van der Waals surface area contributed by atoms with E-state index >= 15 is 0 Å². The molecule has 0 saturated carbocycles. The average Bonchev–Trinajstić information content (AvgIpc) is 2.65. The third-order valence-electron chi connectivity index (χ3n) is 5.21. The highest BCUT2D eigenvalue weighted by molar-refractivity contribution is 5.83. The molecule has 0 aliphatic rings. The van der Waals surface area contributed by atoms with Gasteiger partial charge in [0.05, 0.1) is 26.6 Å². The topological polar surface area (TPSA) is 29.1 Å². The number of hydrogen-bond donors (Lipinski definition) is 1. The molecule has 1 N–H and O–H groups in total. The number of nitrogens with zero attached hydrogens (tertiary/aromatic N) is 1. The van der Waals surface area contributed by atoms with Crippen LogP contribution in [0.2, 0.25) is 0 Å². The van der Waals surface area contributed by atoms with Crippen molar-refractivity contribution in [2.45, 2.75) is 46.1 Å². The van der Waals surface area contributed by atoms with Gasteiger partial charge in [-0.3, -0.25) is 4.79 Å². The minimum absolute atomic E-state index is 0. The number of carbonyl (C=O) groups excluding carboxylic acids is 1. The van der Waals surface area contributed by atoms with Crippen molar-refractivity contribution in [1.29, 1.82) is 0 Å². The van der Waals surface area contributed by atoms with E-state index in [9.17, 15) is 4.79 Å². The Morgan fingerprint density at radius 1 is 0.931 bits per heavy atom. The lowest BCUT2D eigenvalue weighted by atomic mass is 9.96. The van der Waals surface area contributed by atoms with Gasteiger partial charge in [-0.25, -0.2) is 0 Å². The van der Waals surface area contributed by atoms with Crippen LogP contribution in [0.15, 0.2) is 54.6 Å². The summed E-state index contributed by atoms with van der Waals surface area (Å²) >= 11 is 0. The lowest BCUT2D eigenvalue weighted by Crippen LogP contribution is -3.00. The maximum atomic E-state index is 12.5. The molecule has 29 heavy (non-hydrogen) atoms. The van der Waals surface area contributed by atoms with Crippen LogP contribution in [0, 0.1) is 5.92 Å². The molecule has 0 radical (unpaired) electrons. The van der Waals surface area contributed by atoms with E-state index in [1.807, 2.05) is 6.92 Å². The molecular formula is C25H37IN2O. The van der Waals surface area contributed by atoms with Crippen LogP contribution in [-0.4, -0.2) is 37.6 Å². The quantitative estimate of drug-likeness (QED) is 0.296. The number of benzene rings is 2. The molecule has 2 rings (SSSR count). The Bertz CT molecular complexity index is 726. The highest BCUT2D eigenvalue weighted by atomic mass is 127. The lowest BCUT2D eigenvalue weighted by Gasteiger charge is -2.30. The molecule has 0 unspecified atom stereocenters. The highest BCUT2D eigenvalue weighted by Gasteiger charge is 2.17. The number of carbonyl (C=O) groups is 1. The molecule has 1 atom stereocenters. The zero-order valence-electron chi connectivity index (χ0n) is 18.6. The number of nitrogens with one attached hydrogen (secondary N) is 1. The molecule has 0 aliphatic carbocycles. The van der Waals surface area contributed by atoms with Crippen molar-refractivity contribution in [2.24, 2.45) is 5.92 Å². The minimum atomic E-state index is -0.111. The molecule has 1 amide bonds. The second-order valence-corrected chi connectivity index (χ2v) is 9.01. The van der Waals surface area contributed by atoms with E-state index in [1.165, 1.54) is 11.1 Å². The Morgan fingerprint density at radius 3 is 2.14 bits per heavy atom. The highest BCUT2D eigenvalue weighted by Crippen LogP contribution is 2.18. The Hall–Kier alpha value is -1.40. The summed E-state index contributed by atoms with van der Waals surface area (Å²) in [7, 11) is 4.49. The van der Waals surface area contributed by atoms with Crippen molar-refractivity contribution in [3.8, 4) is 0 Å². The maximum absolute atomic E-state index is 12.5. The van der Waals surface area contributed by atoms with Gasteiger partial charge in [0.25, 0.3) is 0 Å². The first-order valence-corrected chi connectivity index (χ1v) is 10.5. The normalized spacial score (nSPS) is 12.3. The summed E-state index contributed by atoms with van der Waals surface area (Å²) in [6.07, 6.45) is 2.06. The summed E-state index contributed by atoms with van der Waals surface area (Å²) < 4.78 is 0.923. The number of quaternary nitrogens is 1. The lowest BCUT2D eigenvalue weighted by molar-refractivity contribution is -0.903. The van der Waals surface area contributed by atoms with Gasteiger partial charge in [-0.1, -0.05) is 68.4 Å². The third kappa shape index (κ3) is 9.30. The van der Waals surface area contributed by atoms with Gasteiger partial charge in [0.15, 0.2) is 0 Å². The van der Waals surface area contributed by atoms with E-state index in [-0.39, 0.29) is 35.8 Å². The van der Waals surface area contributed by atoms with Crippen molar-refractivity contribution in [3.63, 3.8) is 0 Å². The van der Waals surface area contributed by atoms with Crippen molar-refractivity contribution in [3.05, 3.63) is 71.3 Å². The second kappa shape index (κ2) is 12.3. The summed E-state index contributed by atoms with van der Waals surface area (Å²) in [5, 5.41) is 3.12. The predicted octanol–water partition coefficient (Wildman–Crippen LogP) is 1.78. The van der Waals surface area contributed by atoms with Crippen LogP contribution in [0.4, 0.5) is 0 Å². The molecule has 0 aliphatic heterocycles. The monoisotopic (exact) mass is 508 g/mol. The molecule has 160 valence electrons. The van der Waals surface area contributed by atoms with Crippen LogP contribution in [0.5, 0.6) is 0 Å². The van der Waals surface area contributed by atoms with Crippen LogP contribution < -0.4 is 29.3 Å². The molecule has 2 aromatic rings. The van der Waals surface area contributed by atoms with Crippen LogP contribution in [0.1, 0.15) is 49.8 Å². The number of rotatable bonds is 10. The van der Waals surface area contributed by atoms with E-state index < -0.39 is 0 Å². The number of hydrogen-bond acceptors (Lipinski definition) is 1. The molecule has 3 nitrogen and oxygen atoms in total. The molecule has 0 aromatic heterocycles. The summed E-state index contributed by atoms with van der Waals surface area (Å²) in [6, 6.07) is 19.1. The maximum Gasteiger partial charge on any atom is 0.227 e. The SMILES string of the molecule is CC(C)Cc1ccc([C@@H](C)C(=O)NCCC[N+](C)(C)Cc2ccccc2)cc1.[I-]. The first kappa shape index (κ1) is 25.6. The van der Waals surface area contributed by atoms with Gasteiger partial charge < -0.3 is 33.8 Å². The average molecular weight is 508 g/mol. The van der Waals surface area contributed by atoms with Gasteiger partial charge in [-0.15, -0.1) is 0 Å². The summed E-state index contributed by atoms with van der Waals surface area (Å²) in [5.74, 6) is 0.654. The first-order chi connectivity index (χ1) is 13.3. The molecule has 0 spiro atoms. The fourth-order valence-electron chi connectivity index (χ4n) is 3.59. The van der Waals surface area contributed by atoms with Crippen molar-refractivity contribution < 1.29 is 33.3 Å². The van der Waals surface area contributed by atoms with Gasteiger partial charge in [-0.05, 0) is 30.4 Å². The summed E-state index contributed by atoms with van der Waals surface area (Å²) in [6.45, 7) is 9.21. The van der Waals surface area contributed by atoms with Gasteiger partial charge >= 0.3 is 0 Å². The van der Waals surface area contributed by atoms with E-state index in [0.29, 0.717) is 5.92 Å². The fraction of sp³-hybridized carbons (Fsp3) is 0.480. The Morgan fingerprint density at radius 2 is 1.55 bits per heavy atom. The van der Waals surface area contributed by atoms with E-state index in [2.05, 4.69) is 87.9 Å². The van der Waals surface area contributed by atoms with Crippen LogP contribution in [-0.2, 0) is 17.8 Å². The van der Waals surface area contributed by atoms with Gasteiger partial charge in [-0.2, -0.15) is 0 Å². The molecule has 0 fully saturated rings. The van der Waals surface area contributed by atoms with Crippen LogP contribution >= 0.6 is 0 Å². The molecule has 0 bridgehead atoms. The Labute approximate surface area is 194 Å². The molecule has 0 saturated heterocycles. The Kier molecular flexibility index (Phi) is 10.9. The largest absolute Gasteiger partial charge is 1.00 e. The van der Waals surface area contributed by atoms with E-state index in [4.69, 9.17) is 0 Å². The van der Waals surface area contributed by atoms with Crippen LogP contribution in [0.25, 0.3) is 0 Å². The van der Waals surface area contributed by atoms with E-state index in [1.54, 1.807) is 0 Å². The molecule has 4 heteroatoms. The molecular weight excluding hydrogens is 471 g/mol. The zero-order valence-corrected chi connectivity index (χ0v) is 20.8. The smallest absolute Gasteiger partial charge is 0.227 e. The van der Waals surface area contributed by atoms with Crippen molar-refractivity contribution in [2.75, 3.05) is 27.2 Å². The predicted molar refractivity (Wildman–Crippen MR) is 118 cm³/mol. The van der Waals surface area contributed by atoms with Gasteiger partial charge in [0, 0.05) is 18.5 Å². The van der Waals surface area contributed by atoms with Gasteiger partial charge in [0.2, 0.25) is 5.91 Å². The second-order valence-electron chi connectivity index (χ2n) is 9.01.